The molecule has 2 atom stereocenters. The molecule has 132 valence electrons. The predicted molar refractivity (Wildman–Crippen MR) is 86.8 cm³/mol. The van der Waals surface area contributed by atoms with Gasteiger partial charge in [0, 0.05) is 25.8 Å². The Morgan fingerprint density at radius 1 is 1.38 bits per heavy atom. The van der Waals surface area contributed by atoms with Crippen LogP contribution in [-0.2, 0) is 10.0 Å². The molecular weight excluding hydrogens is 332 g/mol. The van der Waals surface area contributed by atoms with E-state index in [-0.39, 0.29) is 18.1 Å². The Bertz CT molecular complexity index is 754. The summed E-state index contributed by atoms with van der Waals surface area (Å²) in [6.07, 6.45) is 3.57. The van der Waals surface area contributed by atoms with E-state index in [2.05, 4.69) is 9.97 Å². The summed E-state index contributed by atoms with van der Waals surface area (Å²) in [5.41, 5.74) is -0.497. The molecular formula is C15H22N4O4S. The van der Waals surface area contributed by atoms with E-state index in [1.807, 2.05) is 0 Å². The first kappa shape index (κ1) is 17.2. The standard InChI is InChI=1S/C15H22N4O4S/c1-11-16-7-4-12(17-11)14(21)18-9-6-15(13(20)10-18)5-3-8-19(15)24(2,22)23/h4,7,13,20H,3,5-6,8-10H2,1-2H3/t13-,15-/m0/s1. The van der Waals surface area contributed by atoms with Gasteiger partial charge in [-0.3, -0.25) is 4.79 Å². The minimum atomic E-state index is -3.39. The van der Waals surface area contributed by atoms with Gasteiger partial charge in [0.2, 0.25) is 10.0 Å². The van der Waals surface area contributed by atoms with E-state index in [1.165, 1.54) is 21.7 Å². The fourth-order valence-electron chi connectivity index (χ4n) is 3.84. The Kier molecular flexibility index (Phi) is 4.35. The van der Waals surface area contributed by atoms with Crippen molar-refractivity contribution in [2.45, 2.75) is 37.8 Å². The van der Waals surface area contributed by atoms with Gasteiger partial charge in [0.25, 0.3) is 5.91 Å². The summed E-state index contributed by atoms with van der Waals surface area (Å²) < 4.78 is 25.5. The molecule has 3 heterocycles. The lowest BCUT2D eigenvalue weighted by molar-refractivity contribution is -0.0293. The number of carbonyl (C=O) groups excluding carboxylic acids is 1. The molecule has 9 heteroatoms. The first-order valence-electron chi connectivity index (χ1n) is 7.99. The molecule has 0 aromatic carbocycles. The van der Waals surface area contributed by atoms with Crippen molar-refractivity contribution in [1.29, 1.82) is 0 Å². The smallest absolute Gasteiger partial charge is 0.272 e. The number of aromatic nitrogens is 2. The van der Waals surface area contributed by atoms with Crippen LogP contribution in [-0.4, -0.2) is 76.1 Å². The molecule has 0 aliphatic carbocycles. The lowest BCUT2D eigenvalue weighted by atomic mass is 9.83. The van der Waals surface area contributed by atoms with E-state index in [1.54, 1.807) is 13.0 Å². The molecule has 0 saturated carbocycles. The van der Waals surface area contributed by atoms with Gasteiger partial charge in [0.15, 0.2) is 0 Å². The molecule has 3 rings (SSSR count). The van der Waals surface area contributed by atoms with E-state index in [0.717, 1.165) is 6.42 Å². The second-order valence-corrected chi connectivity index (χ2v) is 8.46. The molecule has 1 N–H and O–H groups in total. The normalized spacial score (nSPS) is 28.5. The zero-order valence-electron chi connectivity index (χ0n) is 13.8. The van der Waals surface area contributed by atoms with Gasteiger partial charge in [-0.1, -0.05) is 0 Å². The number of sulfonamides is 1. The number of aliphatic hydroxyl groups is 1. The fraction of sp³-hybridized carbons (Fsp3) is 0.667. The largest absolute Gasteiger partial charge is 0.389 e. The van der Waals surface area contributed by atoms with Gasteiger partial charge in [0.05, 0.1) is 17.9 Å². The maximum atomic E-state index is 12.6. The number of likely N-dealkylation sites (tertiary alicyclic amines) is 1. The molecule has 2 saturated heterocycles. The highest BCUT2D eigenvalue weighted by Gasteiger charge is 2.53. The molecule has 2 aliphatic heterocycles. The SMILES string of the molecule is Cc1nccc(C(=O)N2CC[C@@]3(CCCN3S(C)(=O)=O)[C@@H](O)C2)n1. The van der Waals surface area contributed by atoms with Gasteiger partial charge in [-0.25, -0.2) is 18.4 Å². The number of rotatable bonds is 2. The first-order chi connectivity index (χ1) is 11.2. The van der Waals surface area contributed by atoms with E-state index in [0.29, 0.717) is 31.8 Å². The van der Waals surface area contributed by atoms with Crippen molar-refractivity contribution in [3.05, 3.63) is 23.8 Å². The molecule has 0 radical (unpaired) electrons. The average Bonchev–Trinajstić information content (AvgIpc) is 2.94. The minimum Gasteiger partial charge on any atom is -0.389 e. The maximum Gasteiger partial charge on any atom is 0.272 e. The highest BCUT2D eigenvalue weighted by molar-refractivity contribution is 7.88. The lowest BCUT2D eigenvalue weighted by Crippen LogP contribution is -2.63. The third kappa shape index (κ3) is 2.91. The lowest BCUT2D eigenvalue weighted by Gasteiger charge is -2.47. The monoisotopic (exact) mass is 354 g/mol. The van der Waals surface area contributed by atoms with Crippen LogP contribution in [0.25, 0.3) is 0 Å². The van der Waals surface area contributed by atoms with Crippen LogP contribution in [0.4, 0.5) is 0 Å². The number of aryl methyl sites for hydroxylation is 1. The molecule has 1 amide bonds. The van der Waals surface area contributed by atoms with Crippen LogP contribution < -0.4 is 0 Å². The van der Waals surface area contributed by atoms with Gasteiger partial charge in [-0.15, -0.1) is 0 Å². The molecule has 24 heavy (non-hydrogen) atoms. The first-order valence-corrected chi connectivity index (χ1v) is 9.84. The van der Waals surface area contributed by atoms with Crippen molar-refractivity contribution >= 4 is 15.9 Å². The van der Waals surface area contributed by atoms with Crippen LogP contribution in [0.2, 0.25) is 0 Å². The summed E-state index contributed by atoms with van der Waals surface area (Å²) in [6, 6.07) is 1.55. The molecule has 0 bridgehead atoms. The Morgan fingerprint density at radius 3 is 2.75 bits per heavy atom. The Hall–Kier alpha value is -1.58. The molecule has 0 unspecified atom stereocenters. The Balaban J connectivity index is 1.79. The van der Waals surface area contributed by atoms with Gasteiger partial charge < -0.3 is 10.0 Å². The second kappa shape index (κ2) is 6.05. The second-order valence-electron chi connectivity index (χ2n) is 6.55. The van der Waals surface area contributed by atoms with Crippen LogP contribution in [0.15, 0.2) is 12.3 Å². The van der Waals surface area contributed by atoms with Crippen LogP contribution in [0, 0.1) is 6.92 Å². The molecule has 2 aliphatic rings. The van der Waals surface area contributed by atoms with Crippen molar-refractivity contribution in [3.8, 4) is 0 Å². The highest BCUT2D eigenvalue weighted by atomic mass is 32.2. The van der Waals surface area contributed by atoms with E-state index in [4.69, 9.17) is 0 Å². The number of amides is 1. The summed E-state index contributed by atoms with van der Waals surface area (Å²) in [6.45, 7) is 2.63. The zero-order chi connectivity index (χ0) is 17.5. The number of hydrogen-bond acceptors (Lipinski definition) is 6. The van der Waals surface area contributed by atoms with Gasteiger partial charge in [-0.05, 0) is 32.3 Å². The predicted octanol–water partition coefficient (Wildman–Crippen LogP) is -0.214. The number of aliphatic hydroxyl groups excluding tert-OH is 1. The summed E-state index contributed by atoms with van der Waals surface area (Å²) >= 11 is 0. The van der Waals surface area contributed by atoms with Crippen molar-refractivity contribution in [2.24, 2.45) is 0 Å². The van der Waals surface area contributed by atoms with Crippen molar-refractivity contribution in [3.63, 3.8) is 0 Å². The molecule has 2 fully saturated rings. The highest BCUT2D eigenvalue weighted by Crippen LogP contribution is 2.40. The molecule has 1 aromatic rings. The molecule has 1 spiro atoms. The number of carbonyl (C=O) groups is 1. The van der Waals surface area contributed by atoms with Crippen molar-refractivity contribution in [1.82, 2.24) is 19.2 Å². The number of piperidine rings is 1. The molecule has 1 aromatic heterocycles. The maximum absolute atomic E-state index is 12.6. The van der Waals surface area contributed by atoms with Gasteiger partial charge in [-0.2, -0.15) is 4.31 Å². The van der Waals surface area contributed by atoms with Crippen molar-refractivity contribution < 1.29 is 18.3 Å². The Labute approximate surface area is 141 Å². The van der Waals surface area contributed by atoms with Gasteiger partial charge in [0.1, 0.15) is 11.5 Å². The number of hydrogen-bond donors (Lipinski definition) is 1. The van der Waals surface area contributed by atoms with E-state index < -0.39 is 21.7 Å². The quantitative estimate of drug-likeness (QED) is 0.788. The fourth-order valence-corrected chi connectivity index (χ4v) is 5.27. The van der Waals surface area contributed by atoms with E-state index >= 15 is 0 Å². The molecule has 8 nitrogen and oxygen atoms in total. The van der Waals surface area contributed by atoms with Crippen LogP contribution in [0.5, 0.6) is 0 Å². The summed E-state index contributed by atoms with van der Waals surface area (Å²) in [4.78, 5) is 22.2. The zero-order valence-corrected chi connectivity index (χ0v) is 14.7. The van der Waals surface area contributed by atoms with Crippen molar-refractivity contribution in [2.75, 3.05) is 25.9 Å². The minimum absolute atomic E-state index is 0.105. The topological polar surface area (TPSA) is 104 Å². The third-order valence-electron chi connectivity index (χ3n) is 4.98. The Morgan fingerprint density at radius 2 is 2.12 bits per heavy atom. The van der Waals surface area contributed by atoms with Gasteiger partial charge >= 0.3 is 0 Å². The summed E-state index contributed by atoms with van der Waals surface area (Å²) in [5, 5.41) is 10.7. The average molecular weight is 354 g/mol. The number of β-amino-alcohol motifs (C(OH)–C–C–N with tert-alkyl or cyclic N) is 1. The summed E-state index contributed by atoms with van der Waals surface area (Å²) in [5.74, 6) is 0.243. The summed E-state index contributed by atoms with van der Waals surface area (Å²) in [7, 11) is -3.39. The number of nitrogens with zero attached hydrogens (tertiary/aromatic N) is 4. The van der Waals surface area contributed by atoms with Crippen LogP contribution in [0.1, 0.15) is 35.6 Å². The van der Waals surface area contributed by atoms with E-state index in [9.17, 15) is 18.3 Å². The van der Waals surface area contributed by atoms with Crippen LogP contribution >= 0.6 is 0 Å². The van der Waals surface area contributed by atoms with Crippen LogP contribution in [0.3, 0.4) is 0 Å². The third-order valence-corrected chi connectivity index (χ3v) is 6.33.